The van der Waals surface area contributed by atoms with Crippen LogP contribution in [0.2, 0.25) is 0 Å². The topological polar surface area (TPSA) is 62.8 Å². The lowest BCUT2D eigenvalue weighted by Gasteiger charge is -2.46. The molecule has 28 heavy (non-hydrogen) atoms. The van der Waals surface area contributed by atoms with Gasteiger partial charge in [-0.2, -0.15) is 0 Å². The summed E-state index contributed by atoms with van der Waals surface area (Å²) in [7, 11) is 3.32. The maximum Gasteiger partial charge on any atom is 0.255 e. The normalized spacial score (nSPS) is 18.2. The molecule has 2 heterocycles. The monoisotopic (exact) mass is 445 g/mol. The molecule has 0 aromatic heterocycles. The van der Waals surface area contributed by atoms with Gasteiger partial charge in [-0.25, -0.2) is 0 Å². The molecule has 1 amide bonds. The Labute approximate surface area is 173 Å². The van der Waals surface area contributed by atoms with Crippen LogP contribution in [0.15, 0.2) is 40.9 Å². The van der Waals surface area contributed by atoms with E-state index >= 15 is 0 Å². The molecule has 148 valence electrons. The maximum absolute atomic E-state index is 12.6. The average molecular weight is 446 g/mol. The number of benzene rings is 2. The molecule has 2 N–H and O–H groups in total. The number of piperidine rings is 1. The van der Waals surface area contributed by atoms with Crippen LogP contribution in [0.25, 0.3) is 0 Å². The second-order valence-electron chi connectivity index (χ2n) is 7.28. The molecule has 6 nitrogen and oxygen atoms in total. The van der Waals surface area contributed by atoms with Crippen LogP contribution in [-0.2, 0) is 6.54 Å². The summed E-state index contributed by atoms with van der Waals surface area (Å²) in [5, 5.41) is 6.77. The number of para-hydroxylation sites is 1. The van der Waals surface area contributed by atoms with Crippen molar-refractivity contribution in [3.8, 4) is 11.5 Å². The fourth-order valence-electron chi connectivity index (χ4n) is 4.05. The van der Waals surface area contributed by atoms with Gasteiger partial charge < -0.3 is 20.1 Å². The Bertz CT molecular complexity index is 894. The van der Waals surface area contributed by atoms with E-state index in [0.29, 0.717) is 5.56 Å². The summed E-state index contributed by atoms with van der Waals surface area (Å²) in [6.07, 6.45) is 1.67. The first-order chi connectivity index (χ1) is 13.5. The van der Waals surface area contributed by atoms with Crippen molar-refractivity contribution in [1.82, 2.24) is 10.2 Å². The van der Waals surface area contributed by atoms with Crippen LogP contribution < -0.4 is 20.1 Å². The summed E-state index contributed by atoms with van der Waals surface area (Å²) in [6, 6.07) is 11.7. The number of nitrogens with one attached hydrogen (secondary N) is 2. The first-order valence-electron chi connectivity index (χ1n) is 9.36. The van der Waals surface area contributed by atoms with Crippen LogP contribution in [0, 0.1) is 0 Å². The number of amides is 1. The molecule has 0 unspecified atom stereocenters. The van der Waals surface area contributed by atoms with Gasteiger partial charge in [0.2, 0.25) is 0 Å². The van der Waals surface area contributed by atoms with Gasteiger partial charge in [-0.1, -0.05) is 28.1 Å². The Balaban J connectivity index is 1.46. The van der Waals surface area contributed by atoms with Gasteiger partial charge in [-0.05, 0) is 24.3 Å². The molecular formula is C21H24BrN3O3. The molecule has 0 aliphatic carbocycles. The lowest BCUT2D eigenvalue weighted by molar-refractivity contribution is 0.0821. The molecule has 1 spiro atoms. The highest BCUT2D eigenvalue weighted by molar-refractivity contribution is 9.10. The van der Waals surface area contributed by atoms with E-state index in [1.807, 2.05) is 30.3 Å². The number of ether oxygens (including phenoxy) is 2. The molecule has 0 atom stereocenters. The van der Waals surface area contributed by atoms with Crippen molar-refractivity contribution in [3.63, 3.8) is 0 Å². The number of anilines is 1. The third kappa shape index (κ3) is 3.56. The van der Waals surface area contributed by atoms with Crippen molar-refractivity contribution >= 4 is 27.5 Å². The number of rotatable bonds is 4. The van der Waals surface area contributed by atoms with Crippen LogP contribution in [0.1, 0.15) is 28.8 Å². The van der Waals surface area contributed by atoms with E-state index in [0.717, 1.165) is 59.7 Å². The van der Waals surface area contributed by atoms with Crippen molar-refractivity contribution < 1.29 is 14.3 Å². The van der Waals surface area contributed by atoms with Crippen LogP contribution in [0.3, 0.4) is 0 Å². The first-order valence-corrected chi connectivity index (χ1v) is 10.2. The van der Waals surface area contributed by atoms with Crippen LogP contribution in [0.4, 0.5) is 5.69 Å². The first kappa shape index (κ1) is 19.1. The van der Waals surface area contributed by atoms with E-state index in [1.165, 1.54) is 0 Å². The van der Waals surface area contributed by atoms with Crippen molar-refractivity contribution in [1.29, 1.82) is 0 Å². The number of hydrogen-bond acceptors (Lipinski definition) is 5. The number of carbonyl (C=O) groups excluding carboxylic acids is 1. The Morgan fingerprint density at radius 1 is 1.11 bits per heavy atom. The second-order valence-corrected chi connectivity index (χ2v) is 8.20. The Morgan fingerprint density at radius 3 is 2.61 bits per heavy atom. The number of carbonyl (C=O) groups is 1. The van der Waals surface area contributed by atoms with E-state index < -0.39 is 0 Å². The van der Waals surface area contributed by atoms with E-state index in [2.05, 4.69) is 37.5 Å². The second kappa shape index (κ2) is 7.64. The minimum atomic E-state index is -0.382. The van der Waals surface area contributed by atoms with Gasteiger partial charge in [0.05, 0.1) is 19.8 Å². The molecule has 2 aliphatic rings. The van der Waals surface area contributed by atoms with Crippen LogP contribution in [0.5, 0.6) is 11.5 Å². The van der Waals surface area contributed by atoms with Crippen LogP contribution in [-0.4, -0.2) is 43.8 Å². The number of fused-ring (bicyclic) bond motifs is 1. The summed E-state index contributed by atoms with van der Waals surface area (Å²) in [5.41, 5.74) is 2.31. The summed E-state index contributed by atoms with van der Waals surface area (Å²) < 4.78 is 11.9. The fourth-order valence-corrected chi connectivity index (χ4v) is 4.41. The SMILES string of the molecule is COc1cccc(CN2CCC3(CC2)NC(=O)c2cc(Br)ccc2N3)c1OC. The lowest BCUT2D eigenvalue weighted by Crippen LogP contribution is -2.62. The highest BCUT2D eigenvalue weighted by Gasteiger charge is 2.40. The third-order valence-electron chi connectivity index (χ3n) is 5.54. The van der Waals surface area contributed by atoms with Gasteiger partial charge in [-0.3, -0.25) is 9.69 Å². The molecule has 0 bridgehead atoms. The third-order valence-corrected chi connectivity index (χ3v) is 6.03. The molecular weight excluding hydrogens is 422 g/mol. The zero-order valence-corrected chi connectivity index (χ0v) is 17.6. The van der Waals surface area contributed by atoms with E-state index in [4.69, 9.17) is 9.47 Å². The molecule has 2 aromatic rings. The smallest absolute Gasteiger partial charge is 0.255 e. The van der Waals surface area contributed by atoms with Crippen molar-refractivity contribution in [3.05, 3.63) is 52.0 Å². The Hall–Kier alpha value is -2.25. The average Bonchev–Trinajstić information content (AvgIpc) is 2.70. The quantitative estimate of drug-likeness (QED) is 0.752. The number of likely N-dealkylation sites (tertiary alicyclic amines) is 1. The highest BCUT2D eigenvalue weighted by atomic mass is 79.9. The Morgan fingerprint density at radius 2 is 1.89 bits per heavy atom. The van der Waals surface area contributed by atoms with Gasteiger partial charge in [0.25, 0.3) is 5.91 Å². The fraction of sp³-hybridized carbons (Fsp3) is 0.381. The molecule has 2 aliphatic heterocycles. The van der Waals surface area contributed by atoms with Crippen molar-refractivity contribution in [2.45, 2.75) is 25.0 Å². The molecule has 0 saturated carbocycles. The van der Waals surface area contributed by atoms with Gasteiger partial charge >= 0.3 is 0 Å². The molecule has 0 radical (unpaired) electrons. The van der Waals surface area contributed by atoms with E-state index in [1.54, 1.807) is 14.2 Å². The van der Waals surface area contributed by atoms with Gasteiger partial charge in [0, 0.05) is 48.2 Å². The number of hydrogen-bond donors (Lipinski definition) is 2. The van der Waals surface area contributed by atoms with Crippen LogP contribution >= 0.6 is 15.9 Å². The van der Waals surface area contributed by atoms with E-state index in [-0.39, 0.29) is 11.6 Å². The number of nitrogens with zero attached hydrogens (tertiary/aromatic N) is 1. The molecule has 1 fully saturated rings. The summed E-state index contributed by atoms with van der Waals surface area (Å²) in [5.74, 6) is 1.52. The molecule has 4 rings (SSSR count). The molecule has 2 aromatic carbocycles. The van der Waals surface area contributed by atoms with E-state index in [9.17, 15) is 4.79 Å². The zero-order valence-electron chi connectivity index (χ0n) is 16.0. The maximum atomic E-state index is 12.6. The summed E-state index contributed by atoms with van der Waals surface area (Å²) in [6.45, 7) is 2.53. The summed E-state index contributed by atoms with van der Waals surface area (Å²) in [4.78, 5) is 15.0. The number of methoxy groups -OCH3 is 2. The van der Waals surface area contributed by atoms with Gasteiger partial charge in [0.15, 0.2) is 11.5 Å². The Kier molecular flexibility index (Phi) is 5.21. The minimum absolute atomic E-state index is 0.0158. The highest BCUT2D eigenvalue weighted by Crippen LogP contribution is 2.35. The largest absolute Gasteiger partial charge is 0.493 e. The van der Waals surface area contributed by atoms with Gasteiger partial charge in [-0.15, -0.1) is 0 Å². The summed E-state index contributed by atoms with van der Waals surface area (Å²) >= 11 is 3.43. The number of halogens is 1. The minimum Gasteiger partial charge on any atom is -0.493 e. The van der Waals surface area contributed by atoms with Crippen molar-refractivity contribution in [2.24, 2.45) is 0 Å². The molecule has 1 saturated heterocycles. The standard InChI is InChI=1S/C21H24BrN3O3/c1-27-18-5-3-4-14(19(18)28-2)13-25-10-8-21(9-11-25)23-17-7-6-15(22)12-16(17)20(26)24-21/h3-7,12,23H,8-11,13H2,1-2H3,(H,24,26). The van der Waals surface area contributed by atoms with Crippen molar-refractivity contribution in [2.75, 3.05) is 32.6 Å². The predicted octanol–water partition coefficient (Wildman–Crippen LogP) is 3.61. The van der Waals surface area contributed by atoms with Gasteiger partial charge in [0.1, 0.15) is 5.66 Å². The predicted molar refractivity (Wildman–Crippen MR) is 112 cm³/mol. The molecule has 7 heteroatoms. The lowest BCUT2D eigenvalue weighted by atomic mass is 9.92. The zero-order chi connectivity index (χ0) is 19.7.